The monoisotopic (exact) mass is 240 g/mol. The van der Waals surface area contributed by atoms with Crippen LogP contribution in [0.2, 0.25) is 0 Å². The SMILES string of the molecule is CCC(C)(C)NC(=O)CCC1CCCC(N)C1. The molecular formula is C14H28N2O. The molecule has 0 saturated heterocycles. The molecule has 0 spiro atoms. The van der Waals surface area contributed by atoms with E-state index in [1.54, 1.807) is 0 Å². The number of nitrogens with one attached hydrogen (secondary N) is 1. The van der Waals surface area contributed by atoms with Gasteiger partial charge in [-0.05, 0) is 45.4 Å². The molecule has 0 aromatic heterocycles. The van der Waals surface area contributed by atoms with Crippen molar-refractivity contribution in [1.29, 1.82) is 0 Å². The molecule has 1 amide bonds. The van der Waals surface area contributed by atoms with Crippen molar-refractivity contribution in [2.24, 2.45) is 11.7 Å². The highest BCUT2D eigenvalue weighted by Crippen LogP contribution is 2.26. The Morgan fingerprint density at radius 2 is 2.12 bits per heavy atom. The molecule has 1 fully saturated rings. The number of hydrogen-bond acceptors (Lipinski definition) is 2. The Labute approximate surface area is 106 Å². The highest BCUT2D eigenvalue weighted by Gasteiger charge is 2.21. The Hall–Kier alpha value is -0.570. The van der Waals surface area contributed by atoms with Crippen LogP contribution in [0.15, 0.2) is 0 Å². The van der Waals surface area contributed by atoms with Gasteiger partial charge in [0.05, 0.1) is 0 Å². The van der Waals surface area contributed by atoms with Gasteiger partial charge in [-0.25, -0.2) is 0 Å². The van der Waals surface area contributed by atoms with E-state index in [0.717, 1.165) is 25.7 Å². The van der Waals surface area contributed by atoms with Crippen molar-refractivity contribution >= 4 is 5.91 Å². The van der Waals surface area contributed by atoms with Crippen molar-refractivity contribution in [2.75, 3.05) is 0 Å². The fourth-order valence-electron chi connectivity index (χ4n) is 2.46. The summed E-state index contributed by atoms with van der Waals surface area (Å²) in [4.78, 5) is 11.8. The summed E-state index contributed by atoms with van der Waals surface area (Å²) in [6.07, 6.45) is 7.36. The molecule has 3 N–H and O–H groups in total. The predicted molar refractivity (Wildman–Crippen MR) is 71.7 cm³/mol. The maximum atomic E-state index is 11.8. The highest BCUT2D eigenvalue weighted by atomic mass is 16.1. The molecule has 1 aliphatic carbocycles. The van der Waals surface area contributed by atoms with E-state index in [-0.39, 0.29) is 11.4 Å². The molecule has 0 aromatic carbocycles. The van der Waals surface area contributed by atoms with Crippen LogP contribution in [0.3, 0.4) is 0 Å². The zero-order valence-electron chi connectivity index (χ0n) is 11.6. The molecule has 2 unspecified atom stereocenters. The van der Waals surface area contributed by atoms with E-state index in [1.165, 1.54) is 12.8 Å². The van der Waals surface area contributed by atoms with Crippen LogP contribution in [0.25, 0.3) is 0 Å². The second-order valence-electron chi connectivity index (χ2n) is 6.12. The van der Waals surface area contributed by atoms with Crippen LogP contribution in [0, 0.1) is 5.92 Å². The Kier molecular flexibility index (Phi) is 5.44. The molecule has 0 heterocycles. The third kappa shape index (κ3) is 5.53. The molecule has 1 saturated carbocycles. The van der Waals surface area contributed by atoms with Crippen molar-refractivity contribution in [1.82, 2.24) is 5.32 Å². The number of amides is 1. The third-order valence-corrected chi connectivity index (χ3v) is 3.96. The van der Waals surface area contributed by atoms with Crippen molar-refractivity contribution in [3.05, 3.63) is 0 Å². The standard InChI is InChI=1S/C14H28N2O/c1-4-14(2,3)16-13(17)9-8-11-6-5-7-12(15)10-11/h11-12H,4-10,15H2,1-3H3,(H,16,17). The first-order valence-electron chi connectivity index (χ1n) is 6.99. The summed E-state index contributed by atoms with van der Waals surface area (Å²) in [6.45, 7) is 6.24. The Morgan fingerprint density at radius 3 is 2.71 bits per heavy atom. The van der Waals surface area contributed by atoms with Crippen LogP contribution in [0.1, 0.15) is 65.7 Å². The number of carbonyl (C=O) groups is 1. The molecule has 100 valence electrons. The summed E-state index contributed by atoms with van der Waals surface area (Å²) < 4.78 is 0. The summed E-state index contributed by atoms with van der Waals surface area (Å²) >= 11 is 0. The smallest absolute Gasteiger partial charge is 0.220 e. The summed E-state index contributed by atoms with van der Waals surface area (Å²) in [5, 5.41) is 3.09. The van der Waals surface area contributed by atoms with Crippen LogP contribution < -0.4 is 11.1 Å². The maximum absolute atomic E-state index is 11.8. The lowest BCUT2D eigenvalue weighted by molar-refractivity contribution is -0.123. The Morgan fingerprint density at radius 1 is 1.41 bits per heavy atom. The summed E-state index contributed by atoms with van der Waals surface area (Å²) in [7, 11) is 0. The first-order valence-corrected chi connectivity index (χ1v) is 6.99. The van der Waals surface area contributed by atoms with Crippen molar-refractivity contribution < 1.29 is 4.79 Å². The van der Waals surface area contributed by atoms with E-state index < -0.39 is 0 Å². The zero-order chi connectivity index (χ0) is 12.9. The number of nitrogens with two attached hydrogens (primary N) is 1. The summed E-state index contributed by atoms with van der Waals surface area (Å²) in [5.74, 6) is 0.852. The van der Waals surface area contributed by atoms with Crippen LogP contribution in [-0.2, 0) is 4.79 Å². The first kappa shape index (κ1) is 14.5. The van der Waals surface area contributed by atoms with Crippen molar-refractivity contribution in [2.45, 2.75) is 77.3 Å². The van der Waals surface area contributed by atoms with Gasteiger partial charge in [0.2, 0.25) is 5.91 Å². The number of carbonyl (C=O) groups excluding carboxylic acids is 1. The fraction of sp³-hybridized carbons (Fsp3) is 0.929. The van der Waals surface area contributed by atoms with Gasteiger partial charge in [0, 0.05) is 18.0 Å². The molecule has 0 aromatic rings. The van der Waals surface area contributed by atoms with E-state index in [4.69, 9.17) is 5.73 Å². The van der Waals surface area contributed by atoms with E-state index in [9.17, 15) is 4.79 Å². The van der Waals surface area contributed by atoms with E-state index >= 15 is 0 Å². The molecule has 1 aliphatic rings. The van der Waals surface area contributed by atoms with Crippen molar-refractivity contribution in [3.63, 3.8) is 0 Å². The predicted octanol–water partition coefficient (Wildman–Crippen LogP) is 2.59. The molecule has 17 heavy (non-hydrogen) atoms. The van der Waals surface area contributed by atoms with Gasteiger partial charge in [-0.1, -0.05) is 19.8 Å². The fourth-order valence-corrected chi connectivity index (χ4v) is 2.46. The van der Waals surface area contributed by atoms with Gasteiger partial charge < -0.3 is 11.1 Å². The van der Waals surface area contributed by atoms with Crippen LogP contribution in [0.4, 0.5) is 0 Å². The molecule has 0 aliphatic heterocycles. The average Bonchev–Trinajstić information content (AvgIpc) is 2.26. The Balaban J connectivity index is 2.23. The molecule has 3 nitrogen and oxygen atoms in total. The van der Waals surface area contributed by atoms with Crippen LogP contribution >= 0.6 is 0 Å². The molecule has 3 heteroatoms. The van der Waals surface area contributed by atoms with Gasteiger partial charge in [0.25, 0.3) is 0 Å². The van der Waals surface area contributed by atoms with Gasteiger partial charge in [0.15, 0.2) is 0 Å². The minimum atomic E-state index is -0.0694. The first-order chi connectivity index (χ1) is 7.93. The molecule has 0 radical (unpaired) electrons. The zero-order valence-corrected chi connectivity index (χ0v) is 11.6. The summed E-state index contributed by atoms with van der Waals surface area (Å²) in [6, 6.07) is 0.365. The topological polar surface area (TPSA) is 55.1 Å². The van der Waals surface area contributed by atoms with E-state index in [0.29, 0.717) is 18.4 Å². The normalized spacial score (nSPS) is 25.6. The van der Waals surface area contributed by atoms with Gasteiger partial charge in [-0.3, -0.25) is 4.79 Å². The van der Waals surface area contributed by atoms with E-state index in [1.807, 2.05) is 0 Å². The minimum absolute atomic E-state index is 0.0694. The largest absolute Gasteiger partial charge is 0.351 e. The average molecular weight is 240 g/mol. The van der Waals surface area contributed by atoms with Crippen LogP contribution in [0.5, 0.6) is 0 Å². The molecular weight excluding hydrogens is 212 g/mol. The minimum Gasteiger partial charge on any atom is -0.351 e. The third-order valence-electron chi connectivity index (χ3n) is 3.96. The number of hydrogen-bond donors (Lipinski definition) is 2. The maximum Gasteiger partial charge on any atom is 0.220 e. The second kappa shape index (κ2) is 6.39. The van der Waals surface area contributed by atoms with Gasteiger partial charge in [0.1, 0.15) is 0 Å². The lowest BCUT2D eigenvalue weighted by Gasteiger charge is -2.28. The quantitative estimate of drug-likeness (QED) is 0.776. The summed E-state index contributed by atoms with van der Waals surface area (Å²) in [5.41, 5.74) is 5.88. The van der Waals surface area contributed by atoms with Crippen LogP contribution in [-0.4, -0.2) is 17.5 Å². The van der Waals surface area contributed by atoms with Gasteiger partial charge >= 0.3 is 0 Å². The Bertz CT molecular complexity index is 251. The molecule has 1 rings (SSSR count). The molecule has 0 bridgehead atoms. The number of rotatable bonds is 5. The molecule has 2 atom stereocenters. The second-order valence-corrected chi connectivity index (χ2v) is 6.12. The lowest BCUT2D eigenvalue weighted by Crippen LogP contribution is -2.42. The lowest BCUT2D eigenvalue weighted by atomic mass is 9.83. The highest BCUT2D eigenvalue weighted by molar-refractivity contribution is 5.76. The van der Waals surface area contributed by atoms with E-state index in [2.05, 4.69) is 26.1 Å². The van der Waals surface area contributed by atoms with Crippen molar-refractivity contribution in [3.8, 4) is 0 Å². The van der Waals surface area contributed by atoms with Gasteiger partial charge in [-0.2, -0.15) is 0 Å². The van der Waals surface area contributed by atoms with Gasteiger partial charge in [-0.15, -0.1) is 0 Å².